The first-order valence-corrected chi connectivity index (χ1v) is 4.49. The first kappa shape index (κ1) is 9.33. The Morgan fingerprint density at radius 3 is 3.00 bits per heavy atom. The van der Waals surface area contributed by atoms with Gasteiger partial charge in [-0.3, -0.25) is 4.68 Å². The molecule has 0 N–H and O–H groups in total. The van der Waals surface area contributed by atoms with Gasteiger partial charge in [-0.15, -0.1) is 11.6 Å². The SMILES string of the molecule is CC(=CCCCl)c1cnn(C)c1. The van der Waals surface area contributed by atoms with Crippen molar-refractivity contribution in [1.82, 2.24) is 9.78 Å². The van der Waals surface area contributed by atoms with Gasteiger partial charge in [-0.2, -0.15) is 5.10 Å². The number of alkyl halides is 1. The molecule has 0 atom stereocenters. The topological polar surface area (TPSA) is 17.8 Å². The molecule has 1 heterocycles. The summed E-state index contributed by atoms with van der Waals surface area (Å²) in [5.74, 6) is 0.678. The van der Waals surface area contributed by atoms with E-state index in [1.807, 2.05) is 19.4 Å². The summed E-state index contributed by atoms with van der Waals surface area (Å²) in [4.78, 5) is 0. The van der Waals surface area contributed by atoms with Crippen molar-refractivity contribution in [2.75, 3.05) is 5.88 Å². The van der Waals surface area contributed by atoms with Gasteiger partial charge < -0.3 is 0 Å². The molecule has 0 aliphatic rings. The highest BCUT2D eigenvalue weighted by molar-refractivity contribution is 6.17. The summed E-state index contributed by atoms with van der Waals surface area (Å²) >= 11 is 5.57. The van der Waals surface area contributed by atoms with Gasteiger partial charge in [-0.25, -0.2) is 0 Å². The molecule has 0 aliphatic heterocycles. The standard InChI is InChI=1S/C9H13ClN2/c1-8(4-3-5-10)9-6-11-12(2)7-9/h4,6-7H,3,5H2,1-2H3. The molecule has 66 valence electrons. The number of nitrogens with zero attached hydrogens (tertiary/aromatic N) is 2. The molecule has 0 fully saturated rings. The average molecular weight is 185 g/mol. The molecule has 0 saturated carbocycles. The second-order valence-corrected chi connectivity index (χ2v) is 3.15. The number of hydrogen-bond donors (Lipinski definition) is 0. The molecule has 2 nitrogen and oxygen atoms in total. The molecule has 12 heavy (non-hydrogen) atoms. The summed E-state index contributed by atoms with van der Waals surface area (Å²) < 4.78 is 1.80. The molecule has 0 saturated heterocycles. The molecule has 0 aromatic carbocycles. The van der Waals surface area contributed by atoms with Crippen LogP contribution in [-0.2, 0) is 7.05 Å². The second kappa shape index (κ2) is 4.31. The van der Waals surface area contributed by atoms with Crippen LogP contribution in [0.15, 0.2) is 18.5 Å². The number of hydrogen-bond acceptors (Lipinski definition) is 1. The van der Waals surface area contributed by atoms with Crippen LogP contribution in [0, 0.1) is 0 Å². The summed E-state index contributed by atoms with van der Waals surface area (Å²) in [6.45, 7) is 2.07. The lowest BCUT2D eigenvalue weighted by Gasteiger charge is -1.94. The summed E-state index contributed by atoms with van der Waals surface area (Å²) in [6.07, 6.45) is 6.91. The van der Waals surface area contributed by atoms with Crippen molar-refractivity contribution in [1.29, 1.82) is 0 Å². The molecular formula is C9H13ClN2. The van der Waals surface area contributed by atoms with Crippen LogP contribution in [0.3, 0.4) is 0 Å². The average Bonchev–Trinajstić information content (AvgIpc) is 2.47. The third kappa shape index (κ3) is 2.38. The van der Waals surface area contributed by atoms with Crippen molar-refractivity contribution < 1.29 is 0 Å². The van der Waals surface area contributed by atoms with Gasteiger partial charge >= 0.3 is 0 Å². The zero-order valence-corrected chi connectivity index (χ0v) is 8.17. The highest BCUT2D eigenvalue weighted by atomic mass is 35.5. The van der Waals surface area contributed by atoms with E-state index in [-0.39, 0.29) is 0 Å². The minimum atomic E-state index is 0.678. The smallest absolute Gasteiger partial charge is 0.0564 e. The van der Waals surface area contributed by atoms with Crippen molar-refractivity contribution in [3.05, 3.63) is 24.0 Å². The Kier molecular flexibility index (Phi) is 3.35. The van der Waals surface area contributed by atoms with Crippen LogP contribution in [0.2, 0.25) is 0 Å². The molecule has 1 aromatic heterocycles. The van der Waals surface area contributed by atoms with Gasteiger partial charge in [0.05, 0.1) is 6.20 Å². The fraction of sp³-hybridized carbons (Fsp3) is 0.444. The molecule has 0 spiro atoms. The van der Waals surface area contributed by atoms with Crippen molar-refractivity contribution in [2.45, 2.75) is 13.3 Å². The summed E-state index contributed by atoms with van der Waals surface area (Å²) in [7, 11) is 1.92. The number of halogens is 1. The van der Waals surface area contributed by atoms with E-state index in [0.717, 1.165) is 6.42 Å². The molecule has 0 unspecified atom stereocenters. The fourth-order valence-electron chi connectivity index (χ4n) is 1.01. The Morgan fingerprint density at radius 2 is 2.50 bits per heavy atom. The van der Waals surface area contributed by atoms with Crippen molar-refractivity contribution in [3.63, 3.8) is 0 Å². The summed E-state index contributed by atoms with van der Waals surface area (Å²) in [5, 5.41) is 4.09. The lowest BCUT2D eigenvalue weighted by Crippen LogP contribution is -1.84. The minimum Gasteiger partial charge on any atom is -0.275 e. The Balaban J connectivity index is 2.70. The summed E-state index contributed by atoms with van der Waals surface area (Å²) in [5.41, 5.74) is 2.41. The zero-order chi connectivity index (χ0) is 8.97. The first-order chi connectivity index (χ1) is 5.74. The van der Waals surface area contributed by atoms with E-state index in [0.29, 0.717) is 5.88 Å². The Bertz CT molecular complexity index is 276. The third-order valence-corrected chi connectivity index (χ3v) is 1.94. The number of allylic oxidation sites excluding steroid dienone is 2. The Morgan fingerprint density at radius 1 is 1.75 bits per heavy atom. The predicted molar refractivity (Wildman–Crippen MR) is 52.2 cm³/mol. The van der Waals surface area contributed by atoms with Crippen LogP contribution in [0.25, 0.3) is 5.57 Å². The van der Waals surface area contributed by atoms with Crippen LogP contribution in [-0.4, -0.2) is 15.7 Å². The van der Waals surface area contributed by atoms with Crippen LogP contribution < -0.4 is 0 Å². The van der Waals surface area contributed by atoms with E-state index in [2.05, 4.69) is 18.1 Å². The molecule has 0 bridgehead atoms. The Hall–Kier alpha value is -0.760. The molecule has 1 aromatic rings. The van der Waals surface area contributed by atoms with Gasteiger partial charge in [0.15, 0.2) is 0 Å². The van der Waals surface area contributed by atoms with Gasteiger partial charge in [-0.05, 0) is 18.9 Å². The fourth-order valence-corrected chi connectivity index (χ4v) is 1.12. The van der Waals surface area contributed by atoms with Gasteiger partial charge in [0.2, 0.25) is 0 Å². The quantitative estimate of drug-likeness (QED) is 0.660. The maximum absolute atomic E-state index is 5.57. The van der Waals surface area contributed by atoms with Gasteiger partial charge in [0.25, 0.3) is 0 Å². The van der Waals surface area contributed by atoms with Crippen LogP contribution in [0.1, 0.15) is 18.9 Å². The summed E-state index contributed by atoms with van der Waals surface area (Å²) in [6, 6.07) is 0. The molecule has 0 amide bonds. The van der Waals surface area contributed by atoms with E-state index in [1.54, 1.807) is 4.68 Å². The predicted octanol–water partition coefficient (Wildman–Crippen LogP) is 2.45. The maximum atomic E-state index is 5.57. The first-order valence-electron chi connectivity index (χ1n) is 3.96. The van der Waals surface area contributed by atoms with Crippen LogP contribution >= 0.6 is 11.6 Å². The highest BCUT2D eigenvalue weighted by Gasteiger charge is 1.96. The van der Waals surface area contributed by atoms with Gasteiger partial charge in [0.1, 0.15) is 0 Å². The normalized spacial score (nSPS) is 12.1. The van der Waals surface area contributed by atoms with Crippen LogP contribution in [0.4, 0.5) is 0 Å². The van der Waals surface area contributed by atoms with E-state index in [1.165, 1.54) is 11.1 Å². The molecule has 0 radical (unpaired) electrons. The van der Waals surface area contributed by atoms with Crippen molar-refractivity contribution >= 4 is 17.2 Å². The maximum Gasteiger partial charge on any atom is 0.0564 e. The lowest BCUT2D eigenvalue weighted by atomic mass is 10.1. The van der Waals surface area contributed by atoms with Crippen molar-refractivity contribution in [2.24, 2.45) is 7.05 Å². The largest absolute Gasteiger partial charge is 0.275 e. The molecule has 3 heteroatoms. The monoisotopic (exact) mass is 184 g/mol. The second-order valence-electron chi connectivity index (χ2n) is 2.77. The van der Waals surface area contributed by atoms with E-state index < -0.39 is 0 Å². The van der Waals surface area contributed by atoms with Crippen molar-refractivity contribution in [3.8, 4) is 0 Å². The van der Waals surface area contributed by atoms with E-state index in [9.17, 15) is 0 Å². The molecule has 0 aliphatic carbocycles. The van der Waals surface area contributed by atoms with E-state index in [4.69, 9.17) is 11.6 Å². The number of aromatic nitrogens is 2. The molecular weight excluding hydrogens is 172 g/mol. The van der Waals surface area contributed by atoms with Gasteiger partial charge in [0, 0.05) is 24.7 Å². The third-order valence-electron chi connectivity index (χ3n) is 1.72. The van der Waals surface area contributed by atoms with Crippen LogP contribution in [0.5, 0.6) is 0 Å². The van der Waals surface area contributed by atoms with Gasteiger partial charge in [-0.1, -0.05) is 6.08 Å². The highest BCUT2D eigenvalue weighted by Crippen LogP contribution is 2.12. The Labute approximate surface area is 77.8 Å². The number of rotatable bonds is 3. The minimum absolute atomic E-state index is 0.678. The number of aryl methyl sites for hydroxylation is 1. The zero-order valence-electron chi connectivity index (χ0n) is 7.42. The molecule has 1 rings (SSSR count). The van der Waals surface area contributed by atoms with E-state index >= 15 is 0 Å². The lowest BCUT2D eigenvalue weighted by molar-refractivity contribution is 0.767.